The maximum absolute atomic E-state index is 6.47. The van der Waals surface area contributed by atoms with Gasteiger partial charge in [0.1, 0.15) is 17.5 Å². The average Bonchev–Trinajstić information content (AvgIpc) is 2.70. The summed E-state index contributed by atoms with van der Waals surface area (Å²) in [6, 6.07) is 9.78. The zero-order chi connectivity index (χ0) is 19.4. The Morgan fingerprint density at radius 1 is 0.931 bits per heavy atom. The van der Waals surface area contributed by atoms with Crippen molar-refractivity contribution in [3.63, 3.8) is 0 Å². The molecule has 0 aliphatic heterocycles. The Morgan fingerprint density at radius 2 is 1.66 bits per heavy atom. The van der Waals surface area contributed by atoms with Crippen molar-refractivity contribution >= 4 is 22.4 Å². The molecule has 6 nitrogen and oxygen atoms in total. The highest BCUT2D eigenvalue weighted by Crippen LogP contribution is 2.56. The van der Waals surface area contributed by atoms with Crippen molar-refractivity contribution in [2.45, 2.75) is 44.1 Å². The summed E-state index contributed by atoms with van der Waals surface area (Å²) in [4.78, 5) is 13.2. The van der Waals surface area contributed by atoms with Crippen LogP contribution in [-0.4, -0.2) is 20.5 Å². The van der Waals surface area contributed by atoms with E-state index in [4.69, 9.17) is 10.5 Å². The Hall–Kier alpha value is -2.89. The number of ether oxygens (including phenoxy) is 1. The van der Waals surface area contributed by atoms with Gasteiger partial charge < -0.3 is 15.8 Å². The minimum absolute atomic E-state index is 0.134. The molecular weight excluding hydrogens is 362 g/mol. The molecule has 4 aliphatic carbocycles. The maximum atomic E-state index is 6.47. The van der Waals surface area contributed by atoms with Crippen LogP contribution < -0.4 is 15.8 Å². The highest BCUT2D eigenvalue weighted by Gasteiger charge is 2.51. The first-order valence-electron chi connectivity index (χ1n) is 10.6. The van der Waals surface area contributed by atoms with Gasteiger partial charge in [0.2, 0.25) is 5.88 Å². The quantitative estimate of drug-likeness (QED) is 0.670. The van der Waals surface area contributed by atoms with Gasteiger partial charge in [0.15, 0.2) is 11.6 Å². The zero-order valence-corrected chi connectivity index (χ0v) is 16.3. The number of nitrogen functional groups attached to an aromatic ring is 1. The summed E-state index contributed by atoms with van der Waals surface area (Å²) in [5, 5.41) is 4.76. The monoisotopic (exact) mass is 387 g/mol. The minimum atomic E-state index is 0.134. The molecule has 2 heterocycles. The molecule has 4 aliphatic rings. The lowest BCUT2D eigenvalue weighted by atomic mass is 9.53. The van der Waals surface area contributed by atoms with Crippen LogP contribution in [0, 0.1) is 17.8 Å². The SMILES string of the molecule is Nc1c(NC23CC4CC(CC(C4)C2)C3)ncnc1Oc1cccc2cccnc12. The first-order valence-corrected chi connectivity index (χ1v) is 10.6. The lowest BCUT2D eigenvalue weighted by Gasteiger charge is -2.57. The Bertz CT molecular complexity index is 1040. The van der Waals surface area contributed by atoms with Crippen LogP contribution in [0.15, 0.2) is 42.9 Å². The molecule has 4 saturated carbocycles. The number of aromatic nitrogens is 3. The number of pyridine rings is 1. The van der Waals surface area contributed by atoms with Gasteiger partial charge in [-0.15, -0.1) is 0 Å². The van der Waals surface area contributed by atoms with E-state index in [2.05, 4.69) is 20.3 Å². The van der Waals surface area contributed by atoms with Crippen LogP contribution >= 0.6 is 0 Å². The standard InChI is InChI=1S/C23H25N5O/c24-19-21(28-23-10-14-7-15(11-23)9-16(8-14)12-23)26-13-27-22(19)29-18-5-1-3-17-4-2-6-25-20(17)18/h1-6,13-16H,7-12,24H2,(H,26,27,28). The molecular formula is C23H25N5O. The van der Waals surface area contributed by atoms with Gasteiger partial charge in [-0.3, -0.25) is 4.98 Å². The minimum Gasteiger partial charge on any atom is -0.435 e. The molecule has 0 spiro atoms. The van der Waals surface area contributed by atoms with Gasteiger partial charge in [0.25, 0.3) is 0 Å². The third-order valence-corrected chi connectivity index (χ3v) is 7.07. The number of hydrogen-bond acceptors (Lipinski definition) is 6. The number of nitrogens with zero attached hydrogens (tertiary/aromatic N) is 3. The van der Waals surface area contributed by atoms with Gasteiger partial charge in [-0.2, -0.15) is 4.98 Å². The van der Waals surface area contributed by atoms with Gasteiger partial charge in [0.05, 0.1) is 0 Å². The van der Waals surface area contributed by atoms with Crippen molar-refractivity contribution < 1.29 is 4.74 Å². The van der Waals surface area contributed by atoms with Gasteiger partial charge in [-0.1, -0.05) is 18.2 Å². The van der Waals surface area contributed by atoms with Gasteiger partial charge in [-0.25, -0.2) is 4.98 Å². The molecule has 7 rings (SSSR count). The van der Waals surface area contributed by atoms with E-state index in [0.717, 1.165) is 28.7 Å². The molecule has 6 heteroatoms. The van der Waals surface area contributed by atoms with Crippen molar-refractivity contribution in [3.8, 4) is 11.6 Å². The maximum Gasteiger partial charge on any atom is 0.248 e. The van der Waals surface area contributed by atoms with Gasteiger partial charge in [-0.05, 0) is 68.4 Å². The van der Waals surface area contributed by atoms with E-state index in [1.165, 1.54) is 44.9 Å². The molecule has 0 saturated heterocycles. The summed E-state index contributed by atoms with van der Waals surface area (Å²) in [5.74, 6) is 4.29. The molecule has 3 N–H and O–H groups in total. The van der Waals surface area contributed by atoms with Gasteiger partial charge in [0, 0.05) is 17.1 Å². The topological polar surface area (TPSA) is 86.0 Å². The van der Waals surface area contributed by atoms with Crippen molar-refractivity contribution in [2.75, 3.05) is 11.1 Å². The summed E-state index contributed by atoms with van der Waals surface area (Å²) < 4.78 is 6.11. The number of benzene rings is 1. The summed E-state index contributed by atoms with van der Waals surface area (Å²) in [5.41, 5.74) is 7.87. The number of nitrogens with one attached hydrogen (secondary N) is 1. The first kappa shape index (κ1) is 17.0. The third kappa shape index (κ3) is 2.89. The molecule has 1 aromatic carbocycles. The number of fused-ring (bicyclic) bond motifs is 1. The largest absolute Gasteiger partial charge is 0.435 e. The number of nitrogens with two attached hydrogens (primary N) is 1. The van der Waals surface area contributed by atoms with Gasteiger partial charge >= 0.3 is 0 Å². The molecule has 4 fully saturated rings. The molecule has 0 unspecified atom stereocenters. The van der Waals surface area contributed by atoms with E-state index in [0.29, 0.717) is 23.1 Å². The van der Waals surface area contributed by atoms with Crippen molar-refractivity contribution in [1.82, 2.24) is 15.0 Å². The summed E-state index contributed by atoms with van der Waals surface area (Å²) in [7, 11) is 0. The number of hydrogen-bond donors (Lipinski definition) is 2. The van der Waals surface area contributed by atoms with Crippen molar-refractivity contribution in [2.24, 2.45) is 17.8 Å². The molecule has 29 heavy (non-hydrogen) atoms. The fraction of sp³-hybridized carbons (Fsp3) is 0.435. The Kier molecular flexibility index (Phi) is 3.70. The van der Waals surface area contributed by atoms with Crippen LogP contribution in [0.3, 0.4) is 0 Å². The molecule has 0 atom stereocenters. The number of rotatable bonds is 4. The molecule has 3 aromatic rings. The van der Waals surface area contributed by atoms with Crippen LogP contribution in [0.2, 0.25) is 0 Å². The Balaban J connectivity index is 1.31. The predicted molar refractivity (Wildman–Crippen MR) is 113 cm³/mol. The molecule has 2 aromatic heterocycles. The summed E-state index contributed by atoms with van der Waals surface area (Å²) >= 11 is 0. The lowest BCUT2D eigenvalue weighted by Crippen LogP contribution is -2.55. The second kappa shape index (κ2) is 6.31. The van der Waals surface area contributed by atoms with Crippen LogP contribution in [0.1, 0.15) is 38.5 Å². The Labute approximate surface area is 169 Å². The predicted octanol–water partition coefficient (Wildman–Crippen LogP) is 4.78. The van der Waals surface area contributed by atoms with Crippen LogP contribution in [-0.2, 0) is 0 Å². The second-order valence-electron chi connectivity index (χ2n) is 9.20. The highest BCUT2D eigenvalue weighted by atomic mass is 16.5. The fourth-order valence-corrected chi connectivity index (χ4v) is 6.34. The van der Waals surface area contributed by atoms with Crippen molar-refractivity contribution in [3.05, 3.63) is 42.9 Å². The number of anilines is 2. The summed E-state index contributed by atoms with van der Waals surface area (Å²) in [6.45, 7) is 0. The fourth-order valence-electron chi connectivity index (χ4n) is 6.34. The van der Waals surface area contributed by atoms with E-state index in [1.807, 2.05) is 30.3 Å². The Morgan fingerprint density at radius 3 is 2.41 bits per heavy atom. The first-order chi connectivity index (χ1) is 14.2. The smallest absolute Gasteiger partial charge is 0.248 e. The number of para-hydroxylation sites is 1. The van der Waals surface area contributed by atoms with E-state index in [9.17, 15) is 0 Å². The van der Waals surface area contributed by atoms with Crippen LogP contribution in [0.25, 0.3) is 10.9 Å². The van der Waals surface area contributed by atoms with E-state index in [-0.39, 0.29) is 5.54 Å². The van der Waals surface area contributed by atoms with E-state index in [1.54, 1.807) is 6.20 Å². The van der Waals surface area contributed by atoms with E-state index >= 15 is 0 Å². The van der Waals surface area contributed by atoms with Crippen LogP contribution in [0.5, 0.6) is 11.6 Å². The average molecular weight is 387 g/mol. The lowest BCUT2D eigenvalue weighted by molar-refractivity contribution is 0.0106. The third-order valence-electron chi connectivity index (χ3n) is 7.07. The normalized spacial score (nSPS) is 29.9. The summed E-state index contributed by atoms with van der Waals surface area (Å²) in [6.07, 6.45) is 11.2. The zero-order valence-electron chi connectivity index (χ0n) is 16.3. The van der Waals surface area contributed by atoms with E-state index < -0.39 is 0 Å². The van der Waals surface area contributed by atoms with Crippen LogP contribution in [0.4, 0.5) is 11.5 Å². The molecule has 0 amide bonds. The van der Waals surface area contributed by atoms with Crippen molar-refractivity contribution in [1.29, 1.82) is 0 Å². The molecule has 148 valence electrons. The highest BCUT2D eigenvalue weighted by molar-refractivity contribution is 5.84. The molecule has 4 bridgehead atoms. The second-order valence-corrected chi connectivity index (χ2v) is 9.20. The molecule has 0 radical (unpaired) electrons.